The summed E-state index contributed by atoms with van der Waals surface area (Å²) in [6, 6.07) is 3.61. The van der Waals surface area contributed by atoms with Crippen molar-refractivity contribution < 1.29 is 32.7 Å². The van der Waals surface area contributed by atoms with Crippen LogP contribution >= 0.6 is 7.82 Å². The molecule has 0 saturated carbocycles. The first-order valence-electron chi connectivity index (χ1n) is 11.7. The predicted molar refractivity (Wildman–Crippen MR) is 120 cm³/mol. The van der Waals surface area contributed by atoms with E-state index in [0.717, 1.165) is 13.0 Å². The molecule has 0 aliphatic carbocycles. The van der Waals surface area contributed by atoms with Crippen LogP contribution in [0.4, 0.5) is 0 Å². The van der Waals surface area contributed by atoms with Gasteiger partial charge in [-0.15, -0.1) is 0 Å². The number of unbranched alkanes of at least 4 members (excludes halogenated alkanes) is 9. The Bertz CT molecular complexity index is 564. The molecule has 1 rings (SSSR count). The molecule has 1 aromatic rings. The molecular formula is C22H42N2O6P+. The van der Waals surface area contributed by atoms with E-state index in [0.29, 0.717) is 19.8 Å². The van der Waals surface area contributed by atoms with Crippen LogP contribution in [-0.4, -0.2) is 49.6 Å². The number of hydrogen-bond donors (Lipinski definition) is 1. The van der Waals surface area contributed by atoms with Crippen molar-refractivity contribution in [3.05, 3.63) is 24.5 Å². The van der Waals surface area contributed by atoms with Gasteiger partial charge in [-0.25, -0.2) is 4.57 Å². The molecule has 0 amide bonds. The van der Waals surface area contributed by atoms with Crippen molar-refractivity contribution in [2.75, 3.05) is 39.6 Å². The van der Waals surface area contributed by atoms with Gasteiger partial charge < -0.3 is 14.4 Å². The molecule has 8 nitrogen and oxygen atoms in total. The van der Waals surface area contributed by atoms with Gasteiger partial charge in [0.15, 0.2) is 12.7 Å². The second-order valence-electron chi connectivity index (χ2n) is 7.50. The zero-order chi connectivity index (χ0) is 22.5. The largest absolute Gasteiger partial charge is 0.472 e. The van der Waals surface area contributed by atoms with Crippen LogP contribution in [-0.2, 0) is 29.6 Å². The molecule has 0 fully saturated rings. The van der Waals surface area contributed by atoms with Gasteiger partial charge >= 0.3 is 7.82 Å². The summed E-state index contributed by atoms with van der Waals surface area (Å²) >= 11 is 0. The Morgan fingerprint density at radius 1 is 0.774 bits per heavy atom. The van der Waals surface area contributed by atoms with Crippen LogP contribution in [0.25, 0.3) is 0 Å². The van der Waals surface area contributed by atoms with E-state index in [4.69, 9.17) is 18.5 Å². The minimum Gasteiger partial charge on any atom is -0.379 e. The first-order valence-corrected chi connectivity index (χ1v) is 13.2. The zero-order valence-corrected chi connectivity index (χ0v) is 20.1. The quantitative estimate of drug-likeness (QED) is 0.155. The summed E-state index contributed by atoms with van der Waals surface area (Å²) in [6.07, 6.45) is 16.5. The van der Waals surface area contributed by atoms with Crippen LogP contribution in [0.2, 0.25) is 0 Å². The average molecular weight is 462 g/mol. The van der Waals surface area contributed by atoms with Crippen molar-refractivity contribution in [1.29, 1.82) is 0 Å². The normalized spacial score (nSPS) is 13.4. The minimum atomic E-state index is -4.07. The SMILES string of the molecule is CCCCCCCCCCCCOCCOCCOP(=O)(O)OCC[n+]1ccccn1. The predicted octanol–water partition coefficient (Wildman–Crippen LogP) is 4.46. The molecule has 0 aliphatic heterocycles. The lowest BCUT2D eigenvalue weighted by atomic mass is 10.1. The molecule has 0 bridgehead atoms. The van der Waals surface area contributed by atoms with Crippen molar-refractivity contribution in [3.8, 4) is 0 Å². The fourth-order valence-electron chi connectivity index (χ4n) is 3.01. The molecule has 0 radical (unpaired) electrons. The molecule has 9 heteroatoms. The van der Waals surface area contributed by atoms with Crippen molar-refractivity contribution >= 4 is 7.82 Å². The fourth-order valence-corrected chi connectivity index (χ4v) is 3.70. The van der Waals surface area contributed by atoms with Crippen LogP contribution in [0.1, 0.15) is 71.1 Å². The third kappa shape index (κ3) is 18.4. The Morgan fingerprint density at radius 2 is 1.35 bits per heavy atom. The fraction of sp³-hybridized carbons (Fsp3) is 0.818. The van der Waals surface area contributed by atoms with E-state index in [-0.39, 0.29) is 19.8 Å². The van der Waals surface area contributed by atoms with Gasteiger partial charge in [-0.1, -0.05) is 69.4 Å². The van der Waals surface area contributed by atoms with Crippen LogP contribution < -0.4 is 4.68 Å². The van der Waals surface area contributed by atoms with E-state index >= 15 is 0 Å². The van der Waals surface area contributed by atoms with Gasteiger partial charge in [0.2, 0.25) is 0 Å². The molecule has 1 aromatic heterocycles. The summed E-state index contributed by atoms with van der Waals surface area (Å²) in [5.74, 6) is 0. The van der Waals surface area contributed by atoms with E-state index in [2.05, 4.69) is 12.0 Å². The number of aromatic nitrogens is 2. The minimum absolute atomic E-state index is 0.0110. The smallest absolute Gasteiger partial charge is 0.379 e. The standard InChI is InChI=1S/C22H41N2O6P/c1-2-3-4-5-6-7-8-9-10-13-17-27-19-20-28-21-22-30-31(25,26)29-18-16-24-15-12-11-14-23-24/h11-12,14-15H,2-10,13,16-22H2,1H3/p+1. The lowest BCUT2D eigenvalue weighted by Gasteiger charge is -2.11. The highest BCUT2D eigenvalue weighted by Gasteiger charge is 2.21. The highest BCUT2D eigenvalue weighted by Crippen LogP contribution is 2.42. The van der Waals surface area contributed by atoms with E-state index in [1.807, 2.05) is 6.07 Å². The molecule has 1 atom stereocenters. The first kappa shape index (κ1) is 28.1. The number of rotatable bonds is 22. The third-order valence-corrected chi connectivity index (χ3v) is 5.76. The van der Waals surface area contributed by atoms with Crippen LogP contribution in [0.15, 0.2) is 24.5 Å². The van der Waals surface area contributed by atoms with Gasteiger partial charge in [-0.05, 0) is 17.6 Å². The summed E-state index contributed by atoms with van der Waals surface area (Å²) in [5.41, 5.74) is 0. The van der Waals surface area contributed by atoms with Gasteiger partial charge in [0, 0.05) is 12.7 Å². The molecule has 1 unspecified atom stereocenters. The van der Waals surface area contributed by atoms with Gasteiger partial charge in [-0.2, -0.15) is 0 Å². The first-order chi connectivity index (χ1) is 15.1. The molecule has 31 heavy (non-hydrogen) atoms. The molecule has 1 heterocycles. The van der Waals surface area contributed by atoms with Crippen molar-refractivity contribution in [1.82, 2.24) is 5.10 Å². The summed E-state index contributed by atoms with van der Waals surface area (Å²) in [6.45, 7) is 4.56. The van der Waals surface area contributed by atoms with Crippen LogP contribution in [0, 0.1) is 0 Å². The third-order valence-electron chi connectivity index (χ3n) is 4.74. The Hall–Kier alpha value is -0.890. The molecule has 0 aliphatic rings. The Labute approximate surface area is 187 Å². The Balaban J connectivity index is 1.81. The van der Waals surface area contributed by atoms with Crippen molar-refractivity contribution in [2.24, 2.45) is 0 Å². The maximum Gasteiger partial charge on any atom is 0.472 e. The summed E-state index contributed by atoms with van der Waals surface area (Å²) in [5, 5.41) is 4.04. The molecule has 1 N–H and O–H groups in total. The van der Waals surface area contributed by atoms with Crippen LogP contribution in [0.3, 0.4) is 0 Å². The molecule has 0 saturated heterocycles. The van der Waals surface area contributed by atoms with Gasteiger partial charge in [0.1, 0.15) is 6.61 Å². The lowest BCUT2D eigenvalue weighted by molar-refractivity contribution is -0.754. The summed E-state index contributed by atoms with van der Waals surface area (Å²) < 4.78 is 34.1. The van der Waals surface area contributed by atoms with Crippen LogP contribution in [0.5, 0.6) is 0 Å². The summed E-state index contributed by atoms with van der Waals surface area (Å²) in [4.78, 5) is 9.62. The maximum absolute atomic E-state index is 11.8. The monoisotopic (exact) mass is 461 g/mol. The van der Waals surface area contributed by atoms with E-state index < -0.39 is 7.82 Å². The summed E-state index contributed by atoms with van der Waals surface area (Å²) in [7, 11) is -4.07. The molecule has 180 valence electrons. The van der Waals surface area contributed by atoms with Gasteiger partial charge in [0.05, 0.1) is 32.6 Å². The van der Waals surface area contributed by atoms with E-state index in [9.17, 15) is 9.46 Å². The zero-order valence-electron chi connectivity index (χ0n) is 19.2. The topological polar surface area (TPSA) is 91.0 Å². The lowest BCUT2D eigenvalue weighted by Crippen LogP contribution is -2.38. The van der Waals surface area contributed by atoms with E-state index in [1.54, 1.807) is 23.1 Å². The number of ether oxygens (including phenoxy) is 2. The number of phosphoric acid groups is 1. The molecule has 0 spiro atoms. The van der Waals surface area contributed by atoms with Gasteiger partial charge in [-0.3, -0.25) is 9.05 Å². The van der Waals surface area contributed by atoms with Crippen molar-refractivity contribution in [2.45, 2.75) is 77.7 Å². The Morgan fingerprint density at radius 3 is 2.00 bits per heavy atom. The number of nitrogens with zero attached hydrogens (tertiary/aromatic N) is 2. The number of phosphoric ester groups is 1. The molecular weight excluding hydrogens is 419 g/mol. The highest BCUT2D eigenvalue weighted by molar-refractivity contribution is 7.47. The maximum atomic E-state index is 11.8. The highest BCUT2D eigenvalue weighted by atomic mass is 31.2. The second kappa shape index (κ2) is 19.8. The molecule has 0 aromatic carbocycles. The second-order valence-corrected chi connectivity index (χ2v) is 8.96. The van der Waals surface area contributed by atoms with Crippen molar-refractivity contribution in [3.63, 3.8) is 0 Å². The van der Waals surface area contributed by atoms with E-state index in [1.165, 1.54) is 57.8 Å². The Kier molecular flexibility index (Phi) is 17.9. The van der Waals surface area contributed by atoms with Gasteiger partial charge in [0.25, 0.3) is 0 Å². The number of hydrogen-bond acceptors (Lipinski definition) is 6. The average Bonchev–Trinajstić information content (AvgIpc) is 2.76.